The van der Waals surface area contributed by atoms with E-state index in [0.29, 0.717) is 18.7 Å². The minimum Gasteiger partial charge on any atom is -0.426 e. The fourth-order valence-electron chi connectivity index (χ4n) is 2.56. The summed E-state index contributed by atoms with van der Waals surface area (Å²) in [5.74, 6) is -1.03. The molecule has 0 bridgehead atoms. The molecule has 0 saturated heterocycles. The highest BCUT2D eigenvalue weighted by Crippen LogP contribution is 2.13. The van der Waals surface area contributed by atoms with Crippen molar-refractivity contribution >= 4 is 30.7 Å². The molecule has 0 aliphatic rings. The lowest BCUT2D eigenvalue weighted by Crippen LogP contribution is -2.51. The van der Waals surface area contributed by atoms with Crippen LogP contribution >= 0.6 is 11.8 Å². The van der Waals surface area contributed by atoms with E-state index < -0.39 is 19.0 Å². The molecule has 0 unspecified atom stereocenters. The van der Waals surface area contributed by atoms with Gasteiger partial charge in [0.2, 0.25) is 11.8 Å². The second-order valence-electron chi connectivity index (χ2n) is 6.06. The first-order valence-corrected chi connectivity index (χ1v) is 9.66. The Morgan fingerprint density at radius 1 is 1.32 bits per heavy atom. The number of nitrogens with zero attached hydrogens (tertiary/aromatic N) is 1. The summed E-state index contributed by atoms with van der Waals surface area (Å²) in [4.78, 5) is 25.6. The number of benzene rings is 1. The van der Waals surface area contributed by atoms with Crippen LogP contribution in [0.5, 0.6) is 0 Å². The second kappa shape index (κ2) is 10.5. The van der Waals surface area contributed by atoms with E-state index in [-0.39, 0.29) is 12.5 Å². The van der Waals surface area contributed by atoms with Crippen molar-refractivity contribution in [3.63, 3.8) is 0 Å². The Morgan fingerprint density at radius 2 is 2.00 bits per heavy atom. The molecule has 0 spiro atoms. The minimum absolute atomic E-state index is 0.0913. The predicted octanol–water partition coefficient (Wildman–Crippen LogP) is 0.554. The van der Waals surface area contributed by atoms with Crippen molar-refractivity contribution in [3.8, 4) is 0 Å². The van der Waals surface area contributed by atoms with E-state index in [1.54, 1.807) is 6.92 Å². The molecule has 0 fully saturated rings. The Hall–Kier alpha value is -1.51. The maximum atomic E-state index is 12.2. The van der Waals surface area contributed by atoms with Gasteiger partial charge >= 0.3 is 7.12 Å². The molecular weight excluding hydrogens is 339 g/mol. The van der Waals surface area contributed by atoms with Gasteiger partial charge in [-0.15, -0.1) is 0 Å². The van der Waals surface area contributed by atoms with Gasteiger partial charge in [0.05, 0.1) is 18.2 Å². The standard InChI is InChI=1S/C17H27BN2O4S/c1-5-20(17(22)11-25-4)10-16(21)19-15(18(23)24)9-14-7-6-12(2)8-13(14)3/h6-8,15,23-24H,5,9-11H2,1-4H3,(H,19,21)/t15-/m0/s1. The van der Waals surface area contributed by atoms with Gasteiger partial charge in [-0.2, -0.15) is 11.8 Å². The van der Waals surface area contributed by atoms with Crippen LogP contribution in [0.1, 0.15) is 23.6 Å². The summed E-state index contributed by atoms with van der Waals surface area (Å²) in [6.45, 7) is 6.08. The van der Waals surface area contributed by atoms with Crippen LogP contribution in [0.4, 0.5) is 0 Å². The van der Waals surface area contributed by atoms with Gasteiger partial charge in [0.1, 0.15) is 0 Å². The third-order valence-corrected chi connectivity index (χ3v) is 4.52. The number of hydrogen-bond donors (Lipinski definition) is 3. The molecule has 0 saturated carbocycles. The number of carbonyl (C=O) groups excluding carboxylic acids is 2. The van der Waals surface area contributed by atoms with Crippen molar-refractivity contribution in [2.24, 2.45) is 0 Å². The van der Waals surface area contributed by atoms with Crippen LogP contribution in [-0.4, -0.2) is 64.9 Å². The van der Waals surface area contributed by atoms with Crippen LogP contribution < -0.4 is 5.32 Å². The summed E-state index contributed by atoms with van der Waals surface area (Å²) < 4.78 is 0. The summed E-state index contributed by atoms with van der Waals surface area (Å²) in [6, 6.07) is 5.88. The molecule has 138 valence electrons. The third kappa shape index (κ3) is 7.09. The van der Waals surface area contributed by atoms with Gasteiger partial charge in [0, 0.05) is 6.54 Å². The molecule has 2 amide bonds. The van der Waals surface area contributed by atoms with Gasteiger partial charge in [-0.05, 0) is 44.6 Å². The number of thioether (sulfide) groups is 1. The number of rotatable bonds is 9. The number of carbonyl (C=O) groups is 2. The van der Waals surface area contributed by atoms with Gasteiger partial charge in [0.25, 0.3) is 0 Å². The third-order valence-electron chi connectivity index (χ3n) is 3.98. The first kappa shape index (κ1) is 21.5. The SMILES string of the molecule is CCN(CC(=O)N[C@@H](Cc1ccc(C)cc1C)B(O)O)C(=O)CSC. The van der Waals surface area contributed by atoms with Gasteiger partial charge < -0.3 is 20.3 Å². The topological polar surface area (TPSA) is 89.9 Å². The molecule has 0 aliphatic carbocycles. The van der Waals surface area contributed by atoms with E-state index in [9.17, 15) is 19.6 Å². The van der Waals surface area contributed by atoms with Crippen molar-refractivity contribution in [2.75, 3.05) is 25.1 Å². The van der Waals surface area contributed by atoms with E-state index in [4.69, 9.17) is 0 Å². The summed E-state index contributed by atoms with van der Waals surface area (Å²) in [5.41, 5.74) is 3.09. The molecule has 1 atom stereocenters. The van der Waals surface area contributed by atoms with Gasteiger partial charge in [-0.1, -0.05) is 23.8 Å². The van der Waals surface area contributed by atoms with Crippen LogP contribution in [-0.2, 0) is 16.0 Å². The Balaban J connectivity index is 2.73. The Kier molecular flexibility index (Phi) is 9.03. The molecule has 0 heterocycles. The number of hydrogen-bond acceptors (Lipinski definition) is 5. The predicted molar refractivity (Wildman–Crippen MR) is 102 cm³/mol. The Morgan fingerprint density at radius 3 is 2.52 bits per heavy atom. The van der Waals surface area contributed by atoms with Crippen molar-refractivity contribution in [1.29, 1.82) is 0 Å². The average Bonchev–Trinajstić information content (AvgIpc) is 2.54. The highest BCUT2D eigenvalue weighted by molar-refractivity contribution is 7.99. The minimum atomic E-state index is -1.68. The molecule has 6 nitrogen and oxygen atoms in total. The van der Waals surface area contributed by atoms with Crippen molar-refractivity contribution < 1.29 is 19.6 Å². The first-order chi connectivity index (χ1) is 11.8. The highest BCUT2D eigenvalue weighted by Gasteiger charge is 2.27. The maximum absolute atomic E-state index is 12.2. The van der Waals surface area contributed by atoms with Crippen molar-refractivity contribution in [1.82, 2.24) is 10.2 Å². The second-order valence-corrected chi connectivity index (χ2v) is 6.93. The number of likely N-dealkylation sites (N-methyl/N-ethyl adjacent to an activating group) is 1. The molecule has 0 aliphatic heterocycles. The Labute approximate surface area is 154 Å². The van der Waals surface area contributed by atoms with Gasteiger partial charge in [-0.25, -0.2) is 0 Å². The lowest BCUT2D eigenvalue weighted by molar-refractivity contribution is -0.133. The molecule has 1 aromatic rings. The molecule has 3 N–H and O–H groups in total. The van der Waals surface area contributed by atoms with Gasteiger partial charge in [0.15, 0.2) is 0 Å². The summed E-state index contributed by atoms with van der Waals surface area (Å²) in [6.07, 6.45) is 2.13. The fourth-order valence-corrected chi connectivity index (χ4v) is 2.99. The normalized spacial score (nSPS) is 11.8. The van der Waals surface area contributed by atoms with E-state index in [1.807, 2.05) is 38.3 Å². The lowest BCUT2D eigenvalue weighted by Gasteiger charge is -2.23. The van der Waals surface area contributed by atoms with Crippen LogP contribution in [0.15, 0.2) is 18.2 Å². The number of aryl methyl sites for hydroxylation is 2. The maximum Gasteiger partial charge on any atom is 0.475 e. The zero-order valence-electron chi connectivity index (χ0n) is 15.3. The fraction of sp³-hybridized carbons (Fsp3) is 0.529. The molecule has 1 rings (SSSR count). The zero-order chi connectivity index (χ0) is 19.0. The van der Waals surface area contributed by atoms with E-state index >= 15 is 0 Å². The average molecular weight is 366 g/mol. The van der Waals surface area contributed by atoms with Crippen molar-refractivity contribution in [2.45, 2.75) is 33.1 Å². The van der Waals surface area contributed by atoms with Crippen LogP contribution in [0.2, 0.25) is 0 Å². The molecule has 25 heavy (non-hydrogen) atoms. The quantitative estimate of drug-likeness (QED) is 0.556. The smallest absolute Gasteiger partial charge is 0.426 e. The zero-order valence-corrected chi connectivity index (χ0v) is 16.1. The van der Waals surface area contributed by atoms with Crippen LogP contribution in [0, 0.1) is 13.8 Å². The number of amides is 2. The van der Waals surface area contributed by atoms with Crippen LogP contribution in [0.3, 0.4) is 0 Å². The summed E-state index contributed by atoms with van der Waals surface area (Å²) in [5, 5.41) is 21.8. The molecular formula is C17H27BN2O4S. The van der Waals surface area contributed by atoms with E-state index in [0.717, 1.165) is 16.7 Å². The molecule has 0 radical (unpaired) electrons. The molecule has 0 aromatic heterocycles. The van der Waals surface area contributed by atoms with Crippen LogP contribution in [0.25, 0.3) is 0 Å². The largest absolute Gasteiger partial charge is 0.475 e. The molecule has 1 aromatic carbocycles. The van der Waals surface area contributed by atoms with Crippen molar-refractivity contribution in [3.05, 3.63) is 34.9 Å². The van der Waals surface area contributed by atoms with E-state index in [2.05, 4.69) is 5.32 Å². The van der Waals surface area contributed by atoms with E-state index in [1.165, 1.54) is 16.7 Å². The number of nitrogens with one attached hydrogen (secondary N) is 1. The summed E-state index contributed by atoms with van der Waals surface area (Å²) in [7, 11) is -1.68. The lowest BCUT2D eigenvalue weighted by atomic mass is 9.75. The molecule has 8 heteroatoms. The summed E-state index contributed by atoms with van der Waals surface area (Å²) >= 11 is 1.40. The highest BCUT2D eigenvalue weighted by atomic mass is 32.2. The van der Waals surface area contributed by atoms with Gasteiger partial charge in [-0.3, -0.25) is 9.59 Å². The first-order valence-electron chi connectivity index (χ1n) is 8.26. The monoisotopic (exact) mass is 366 g/mol. The Bertz CT molecular complexity index is 598.